The summed E-state index contributed by atoms with van der Waals surface area (Å²) in [5.41, 5.74) is 0. The summed E-state index contributed by atoms with van der Waals surface area (Å²) < 4.78 is 0. The first kappa shape index (κ1) is 19.7. The van der Waals surface area contributed by atoms with Crippen LogP contribution in [0.15, 0.2) is 0 Å². The molecule has 0 saturated heterocycles. The SMILES string of the molecule is CCN(CC)CCCC(C)NC(=O)N(C)CC(C)C(=O)O. The quantitative estimate of drug-likeness (QED) is 0.646. The fraction of sp³-hybridized carbons (Fsp3) is 0.867. The van der Waals surface area contributed by atoms with Crippen molar-refractivity contribution in [2.75, 3.05) is 33.2 Å². The van der Waals surface area contributed by atoms with Gasteiger partial charge in [-0.1, -0.05) is 20.8 Å². The molecule has 6 heteroatoms. The van der Waals surface area contributed by atoms with E-state index in [1.54, 1.807) is 14.0 Å². The fourth-order valence-electron chi connectivity index (χ4n) is 2.13. The highest BCUT2D eigenvalue weighted by Crippen LogP contribution is 2.02. The standard InChI is InChI=1S/C15H31N3O3/c1-6-18(7-2)10-8-9-13(4)16-15(21)17(5)11-12(3)14(19)20/h12-13H,6-11H2,1-5H3,(H,16,21)(H,19,20). The summed E-state index contributed by atoms with van der Waals surface area (Å²) in [7, 11) is 1.62. The Bertz CT molecular complexity index is 319. The molecule has 2 atom stereocenters. The molecule has 0 aliphatic heterocycles. The minimum atomic E-state index is -0.887. The minimum absolute atomic E-state index is 0.0932. The number of carboxylic acid groups (broad SMARTS) is 1. The van der Waals surface area contributed by atoms with Gasteiger partial charge in [0.05, 0.1) is 5.92 Å². The first-order chi connectivity index (χ1) is 9.81. The zero-order chi connectivity index (χ0) is 16.4. The van der Waals surface area contributed by atoms with Crippen molar-refractivity contribution in [2.24, 2.45) is 5.92 Å². The lowest BCUT2D eigenvalue weighted by Gasteiger charge is -2.23. The van der Waals surface area contributed by atoms with Crippen molar-refractivity contribution < 1.29 is 14.7 Å². The number of nitrogens with one attached hydrogen (secondary N) is 1. The summed E-state index contributed by atoms with van der Waals surface area (Å²) in [5.74, 6) is -1.44. The van der Waals surface area contributed by atoms with Crippen LogP contribution < -0.4 is 5.32 Å². The minimum Gasteiger partial charge on any atom is -0.481 e. The molecule has 0 aliphatic carbocycles. The van der Waals surface area contributed by atoms with Crippen molar-refractivity contribution in [1.29, 1.82) is 0 Å². The van der Waals surface area contributed by atoms with E-state index in [1.165, 1.54) is 4.90 Å². The number of hydrogen-bond acceptors (Lipinski definition) is 3. The molecule has 0 aromatic heterocycles. The molecule has 6 nitrogen and oxygen atoms in total. The molecular formula is C15H31N3O3. The van der Waals surface area contributed by atoms with Gasteiger partial charge in [-0.15, -0.1) is 0 Å². The molecule has 0 radical (unpaired) electrons. The van der Waals surface area contributed by atoms with Gasteiger partial charge in [-0.25, -0.2) is 4.79 Å². The lowest BCUT2D eigenvalue weighted by molar-refractivity contribution is -0.141. The second-order valence-corrected chi connectivity index (χ2v) is 5.64. The summed E-state index contributed by atoms with van der Waals surface area (Å²) in [5, 5.41) is 11.8. The van der Waals surface area contributed by atoms with Crippen molar-refractivity contribution in [2.45, 2.75) is 46.6 Å². The molecule has 0 aromatic carbocycles. The number of rotatable bonds is 10. The van der Waals surface area contributed by atoms with E-state index in [1.807, 2.05) is 6.92 Å². The largest absolute Gasteiger partial charge is 0.481 e. The van der Waals surface area contributed by atoms with E-state index in [-0.39, 0.29) is 18.6 Å². The average molecular weight is 301 g/mol. The Hall–Kier alpha value is -1.30. The smallest absolute Gasteiger partial charge is 0.317 e. The van der Waals surface area contributed by atoms with Crippen LogP contribution in [0.2, 0.25) is 0 Å². The molecule has 0 aromatic rings. The predicted molar refractivity (Wildman–Crippen MR) is 84.4 cm³/mol. The summed E-state index contributed by atoms with van der Waals surface area (Å²) in [6.45, 7) is 11.2. The van der Waals surface area contributed by atoms with Crippen LogP contribution in [0, 0.1) is 5.92 Å². The van der Waals surface area contributed by atoms with Gasteiger partial charge in [-0.05, 0) is 39.4 Å². The van der Waals surface area contributed by atoms with E-state index in [4.69, 9.17) is 5.11 Å². The van der Waals surface area contributed by atoms with Crippen LogP contribution in [0.4, 0.5) is 4.79 Å². The van der Waals surface area contributed by atoms with Crippen LogP contribution in [0.25, 0.3) is 0 Å². The van der Waals surface area contributed by atoms with E-state index in [0.29, 0.717) is 0 Å². The van der Waals surface area contributed by atoms with E-state index in [9.17, 15) is 9.59 Å². The fourth-order valence-corrected chi connectivity index (χ4v) is 2.13. The van der Waals surface area contributed by atoms with Crippen LogP contribution in [0.3, 0.4) is 0 Å². The molecule has 0 heterocycles. The third-order valence-corrected chi connectivity index (χ3v) is 3.69. The van der Waals surface area contributed by atoms with Crippen LogP contribution in [0.1, 0.15) is 40.5 Å². The zero-order valence-electron chi connectivity index (χ0n) is 14.1. The maximum absolute atomic E-state index is 11.9. The molecule has 2 amide bonds. The van der Waals surface area contributed by atoms with E-state index < -0.39 is 11.9 Å². The first-order valence-electron chi connectivity index (χ1n) is 7.78. The molecule has 0 spiro atoms. The van der Waals surface area contributed by atoms with Gasteiger partial charge in [-0.3, -0.25) is 4.79 Å². The van der Waals surface area contributed by atoms with Crippen molar-refractivity contribution in [3.8, 4) is 0 Å². The Balaban J connectivity index is 4.00. The Morgan fingerprint density at radius 2 is 1.76 bits per heavy atom. The Labute approximate surface area is 128 Å². The molecule has 0 fully saturated rings. The molecule has 0 saturated carbocycles. The van der Waals surface area contributed by atoms with Crippen molar-refractivity contribution in [3.63, 3.8) is 0 Å². The summed E-state index contributed by atoms with van der Waals surface area (Å²) in [6, 6.07) is -0.117. The number of amides is 2. The Kier molecular flexibility index (Phi) is 9.78. The zero-order valence-corrected chi connectivity index (χ0v) is 14.1. The normalized spacial score (nSPS) is 13.8. The Morgan fingerprint density at radius 1 is 1.19 bits per heavy atom. The molecule has 0 rings (SSSR count). The Morgan fingerprint density at radius 3 is 2.24 bits per heavy atom. The van der Waals surface area contributed by atoms with E-state index >= 15 is 0 Å². The van der Waals surface area contributed by atoms with Gasteiger partial charge < -0.3 is 20.2 Å². The monoisotopic (exact) mass is 301 g/mol. The van der Waals surface area contributed by atoms with Gasteiger partial charge in [0.1, 0.15) is 0 Å². The number of urea groups is 1. The van der Waals surface area contributed by atoms with E-state index in [0.717, 1.165) is 32.5 Å². The molecule has 2 N–H and O–H groups in total. The van der Waals surface area contributed by atoms with Crippen molar-refractivity contribution in [1.82, 2.24) is 15.1 Å². The second-order valence-electron chi connectivity index (χ2n) is 5.64. The molecular weight excluding hydrogens is 270 g/mol. The van der Waals surface area contributed by atoms with Crippen LogP contribution in [0.5, 0.6) is 0 Å². The van der Waals surface area contributed by atoms with Gasteiger partial charge in [0, 0.05) is 19.6 Å². The molecule has 0 aliphatic rings. The van der Waals surface area contributed by atoms with Crippen LogP contribution >= 0.6 is 0 Å². The average Bonchev–Trinajstić information content (AvgIpc) is 2.43. The number of hydrogen-bond donors (Lipinski definition) is 2. The van der Waals surface area contributed by atoms with Crippen molar-refractivity contribution >= 4 is 12.0 Å². The van der Waals surface area contributed by atoms with Crippen molar-refractivity contribution in [3.05, 3.63) is 0 Å². The molecule has 2 unspecified atom stereocenters. The highest BCUT2D eigenvalue weighted by molar-refractivity contribution is 5.75. The van der Waals surface area contributed by atoms with Gasteiger partial charge in [0.15, 0.2) is 0 Å². The lowest BCUT2D eigenvalue weighted by Crippen LogP contribution is -2.44. The summed E-state index contributed by atoms with van der Waals surface area (Å²) in [6.07, 6.45) is 1.96. The number of carbonyl (C=O) groups is 2. The third kappa shape index (κ3) is 8.55. The highest BCUT2D eigenvalue weighted by atomic mass is 16.4. The van der Waals surface area contributed by atoms with Gasteiger partial charge >= 0.3 is 12.0 Å². The topological polar surface area (TPSA) is 72.9 Å². The van der Waals surface area contributed by atoms with Crippen LogP contribution in [-0.4, -0.2) is 66.2 Å². The molecule has 21 heavy (non-hydrogen) atoms. The highest BCUT2D eigenvalue weighted by Gasteiger charge is 2.18. The summed E-state index contributed by atoms with van der Waals surface area (Å²) in [4.78, 5) is 26.5. The maximum Gasteiger partial charge on any atom is 0.317 e. The van der Waals surface area contributed by atoms with Gasteiger partial charge in [-0.2, -0.15) is 0 Å². The third-order valence-electron chi connectivity index (χ3n) is 3.69. The molecule has 124 valence electrons. The number of aliphatic carboxylic acids is 1. The lowest BCUT2D eigenvalue weighted by atomic mass is 10.1. The van der Waals surface area contributed by atoms with Crippen LogP contribution in [-0.2, 0) is 4.79 Å². The number of nitrogens with zero attached hydrogens (tertiary/aromatic N) is 2. The second kappa shape index (κ2) is 10.4. The first-order valence-corrected chi connectivity index (χ1v) is 7.78. The number of carboxylic acids is 1. The van der Waals surface area contributed by atoms with E-state index in [2.05, 4.69) is 24.1 Å². The maximum atomic E-state index is 11.9. The van der Waals surface area contributed by atoms with Gasteiger partial charge in [0.25, 0.3) is 0 Å². The molecule has 0 bridgehead atoms. The predicted octanol–water partition coefficient (Wildman–Crippen LogP) is 1.86. The van der Waals surface area contributed by atoms with Gasteiger partial charge in [0.2, 0.25) is 0 Å². The summed E-state index contributed by atoms with van der Waals surface area (Å²) >= 11 is 0. The number of carbonyl (C=O) groups excluding carboxylic acids is 1.